The van der Waals surface area contributed by atoms with Crippen LogP contribution >= 0.6 is 11.6 Å². The fourth-order valence-corrected chi connectivity index (χ4v) is 3.12. The van der Waals surface area contributed by atoms with Gasteiger partial charge in [0.1, 0.15) is 18.9 Å². The van der Waals surface area contributed by atoms with Gasteiger partial charge in [-0.05, 0) is 49.2 Å². The molecule has 0 atom stereocenters. The number of nitrogens with zero attached hydrogens (tertiary/aromatic N) is 1. The Balaban J connectivity index is 1.59. The molecule has 0 bridgehead atoms. The monoisotopic (exact) mass is 354 g/mol. The number of H-pyrrole nitrogens is 1. The number of Topliss-reactive ketones (excluding diaryl/α,β-unsaturated/α-hetero) is 1. The first kappa shape index (κ1) is 17.2. The minimum absolute atomic E-state index is 0.00495. The smallest absolute Gasteiger partial charge is 0.191 e. The molecule has 1 aromatic heterocycles. The summed E-state index contributed by atoms with van der Waals surface area (Å²) in [7, 11) is 0. The van der Waals surface area contributed by atoms with Gasteiger partial charge in [-0.1, -0.05) is 23.7 Å². The molecule has 3 rings (SSSR count). The number of nitrogens with one attached hydrogen (secondary N) is 1. The zero-order chi connectivity index (χ0) is 17.8. The molecule has 4 nitrogen and oxygen atoms in total. The number of aromatic amines is 1. The summed E-state index contributed by atoms with van der Waals surface area (Å²) >= 11 is 6.00. The number of rotatable bonds is 6. The first-order chi connectivity index (χ1) is 12.0. The highest BCUT2D eigenvalue weighted by Gasteiger charge is 2.08. The Morgan fingerprint density at radius 1 is 1.24 bits per heavy atom. The molecule has 0 spiro atoms. The lowest BCUT2D eigenvalue weighted by Crippen LogP contribution is -2.15. The first-order valence-electron chi connectivity index (χ1n) is 8.02. The molecular formula is C20H19ClN2O2. The maximum atomic E-state index is 12.0. The lowest BCUT2D eigenvalue weighted by atomic mass is 10.1. The fourth-order valence-electron chi connectivity index (χ4n) is 2.79. The molecule has 5 heteroatoms. The lowest BCUT2D eigenvalue weighted by molar-refractivity contribution is -0.119. The molecular weight excluding hydrogens is 336 g/mol. The van der Waals surface area contributed by atoms with Gasteiger partial charge in [-0.2, -0.15) is 0 Å². The van der Waals surface area contributed by atoms with Crippen LogP contribution in [0.3, 0.4) is 0 Å². The van der Waals surface area contributed by atoms with Gasteiger partial charge < -0.3 is 9.72 Å². The summed E-state index contributed by atoms with van der Waals surface area (Å²) in [6.07, 6.45) is 3.62. The second kappa shape index (κ2) is 7.53. The molecule has 0 radical (unpaired) electrons. The molecule has 0 amide bonds. The quantitative estimate of drug-likeness (QED) is 0.662. The van der Waals surface area contributed by atoms with Crippen LogP contribution in [0.2, 0.25) is 5.02 Å². The Kier molecular flexibility index (Phi) is 5.19. The van der Waals surface area contributed by atoms with Gasteiger partial charge in [-0.25, -0.2) is 0 Å². The van der Waals surface area contributed by atoms with Crippen molar-refractivity contribution in [1.29, 1.82) is 0 Å². The SMILES string of the molecule is Cc1cc(Cl)cc(C)c1OCC(=O)CN=Cc1cccc2[nH]ccc12. The highest BCUT2D eigenvalue weighted by Crippen LogP contribution is 2.26. The van der Waals surface area contributed by atoms with Crippen LogP contribution in [0, 0.1) is 13.8 Å². The fraction of sp³-hybridized carbons (Fsp3) is 0.200. The van der Waals surface area contributed by atoms with E-state index in [9.17, 15) is 4.79 Å². The zero-order valence-corrected chi connectivity index (χ0v) is 14.9. The molecule has 0 fully saturated rings. The standard InChI is InChI=1S/C20H19ClN2O2/c1-13-8-16(21)9-14(2)20(13)25-12-17(24)11-22-10-15-4-3-5-19-18(15)6-7-23-19/h3-10,23H,11-12H2,1-2H3. The van der Waals surface area contributed by atoms with E-state index in [1.54, 1.807) is 6.21 Å². The Bertz CT molecular complexity index is 921. The number of hydrogen-bond acceptors (Lipinski definition) is 3. The van der Waals surface area contributed by atoms with Gasteiger partial charge in [0.25, 0.3) is 0 Å². The van der Waals surface area contributed by atoms with Gasteiger partial charge in [0.05, 0.1) is 0 Å². The van der Waals surface area contributed by atoms with E-state index in [1.807, 2.05) is 56.4 Å². The lowest BCUT2D eigenvalue weighted by Gasteiger charge is -2.11. The van der Waals surface area contributed by atoms with Crippen LogP contribution in [0.5, 0.6) is 5.75 Å². The van der Waals surface area contributed by atoms with Crippen molar-refractivity contribution < 1.29 is 9.53 Å². The molecule has 2 aromatic carbocycles. The normalized spacial score (nSPS) is 11.3. The molecule has 1 N–H and O–H groups in total. The van der Waals surface area contributed by atoms with E-state index < -0.39 is 0 Å². The van der Waals surface area contributed by atoms with Crippen molar-refractivity contribution >= 4 is 34.5 Å². The van der Waals surface area contributed by atoms with Crippen LogP contribution in [0.25, 0.3) is 10.9 Å². The van der Waals surface area contributed by atoms with Gasteiger partial charge in [-0.3, -0.25) is 9.79 Å². The Hall–Kier alpha value is -2.59. The van der Waals surface area contributed by atoms with Crippen LogP contribution in [-0.4, -0.2) is 30.1 Å². The van der Waals surface area contributed by atoms with Crippen molar-refractivity contribution in [2.75, 3.05) is 13.2 Å². The molecule has 0 aliphatic rings. The van der Waals surface area contributed by atoms with Gasteiger partial charge >= 0.3 is 0 Å². The summed E-state index contributed by atoms with van der Waals surface area (Å²) in [4.78, 5) is 19.4. The molecule has 128 valence electrons. The maximum absolute atomic E-state index is 12.0. The van der Waals surface area contributed by atoms with E-state index in [1.165, 1.54) is 0 Å². The average molecular weight is 355 g/mol. The minimum Gasteiger partial charge on any atom is -0.485 e. The first-order valence-corrected chi connectivity index (χ1v) is 8.39. The van der Waals surface area contributed by atoms with E-state index >= 15 is 0 Å². The summed E-state index contributed by atoms with van der Waals surface area (Å²) in [5.41, 5.74) is 3.87. The topological polar surface area (TPSA) is 54.4 Å². The van der Waals surface area contributed by atoms with E-state index in [0.717, 1.165) is 27.6 Å². The van der Waals surface area contributed by atoms with Crippen molar-refractivity contribution in [3.63, 3.8) is 0 Å². The third kappa shape index (κ3) is 4.09. The number of carbonyl (C=O) groups excluding carboxylic acids is 1. The second-order valence-electron chi connectivity index (χ2n) is 5.95. The predicted octanol–water partition coefficient (Wildman–Crippen LogP) is 4.51. The molecule has 0 saturated carbocycles. The molecule has 0 unspecified atom stereocenters. The summed E-state index contributed by atoms with van der Waals surface area (Å²) in [5, 5.41) is 1.75. The third-order valence-electron chi connectivity index (χ3n) is 3.93. The van der Waals surface area contributed by atoms with Crippen molar-refractivity contribution in [2.24, 2.45) is 4.99 Å². The Labute approximate surface area is 151 Å². The van der Waals surface area contributed by atoms with E-state index in [-0.39, 0.29) is 18.9 Å². The van der Waals surface area contributed by atoms with Crippen LogP contribution in [0.4, 0.5) is 0 Å². The third-order valence-corrected chi connectivity index (χ3v) is 4.15. The minimum atomic E-state index is -0.0776. The van der Waals surface area contributed by atoms with Crippen LogP contribution in [0.15, 0.2) is 47.6 Å². The Morgan fingerprint density at radius 3 is 2.76 bits per heavy atom. The Morgan fingerprint density at radius 2 is 2.00 bits per heavy atom. The molecule has 0 saturated heterocycles. The number of halogens is 1. The van der Waals surface area contributed by atoms with Crippen LogP contribution in [-0.2, 0) is 4.79 Å². The van der Waals surface area contributed by atoms with Crippen LogP contribution < -0.4 is 4.74 Å². The number of aliphatic imine (C=N–C) groups is 1. The number of ether oxygens (including phenoxy) is 1. The van der Waals surface area contributed by atoms with Gasteiger partial charge in [0.2, 0.25) is 0 Å². The maximum Gasteiger partial charge on any atom is 0.191 e. The molecule has 0 aliphatic carbocycles. The van der Waals surface area contributed by atoms with E-state index in [4.69, 9.17) is 16.3 Å². The van der Waals surface area contributed by atoms with Crippen molar-refractivity contribution in [1.82, 2.24) is 4.98 Å². The van der Waals surface area contributed by atoms with Gasteiger partial charge in [0.15, 0.2) is 5.78 Å². The summed E-state index contributed by atoms with van der Waals surface area (Å²) in [6, 6.07) is 11.6. The molecule has 25 heavy (non-hydrogen) atoms. The number of hydrogen-bond donors (Lipinski definition) is 1. The number of aromatic nitrogens is 1. The summed E-state index contributed by atoms with van der Waals surface area (Å²) in [6.45, 7) is 3.91. The van der Waals surface area contributed by atoms with Gasteiger partial charge in [0, 0.05) is 33.9 Å². The van der Waals surface area contributed by atoms with E-state index in [2.05, 4.69) is 9.98 Å². The average Bonchev–Trinajstić information content (AvgIpc) is 3.03. The van der Waals surface area contributed by atoms with Crippen molar-refractivity contribution in [3.8, 4) is 5.75 Å². The van der Waals surface area contributed by atoms with E-state index in [0.29, 0.717) is 10.8 Å². The van der Waals surface area contributed by atoms with Crippen molar-refractivity contribution in [2.45, 2.75) is 13.8 Å². The molecule has 3 aromatic rings. The number of benzene rings is 2. The number of carbonyl (C=O) groups is 1. The number of fused-ring (bicyclic) bond motifs is 1. The summed E-state index contributed by atoms with van der Waals surface area (Å²) < 4.78 is 5.66. The highest BCUT2D eigenvalue weighted by molar-refractivity contribution is 6.30. The van der Waals surface area contributed by atoms with Crippen LogP contribution in [0.1, 0.15) is 16.7 Å². The largest absolute Gasteiger partial charge is 0.485 e. The van der Waals surface area contributed by atoms with Gasteiger partial charge in [-0.15, -0.1) is 0 Å². The zero-order valence-electron chi connectivity index (χ0n) is 14.2. The van der Waals surface area contributed by atoms with Crippen molar-refractivity contribution in [3.05, 3.63) is 64.3 Å². The highest BCUT2D eigenvalue weighted by atomic mass is 35.5. The number of aryl methyl sites for hydroxylation is 2. The summed E-state index contributed by atoms with van der Waals surface area (Å²) in [5.74, 6) is 0.630. The molecule has 0 aliphatic heterocycles. The molecule has 1 heterocycles. The predicted molar refractivity (Wildman–Crippen MR) is 102 cm³/mol. The number of ketones is 1. The second-order valence-corrected chi connectivity index (χ2v) is 6.39.